The molecule has 0 unspecified atom stereocenters. The summed E-state index contributed by atoms with van der Waals surface area (Å²) in [4.78, 5) is 13.3. The van der Waals surface area contributed by atoms with Crippen LogP contribution >= 0.6 is 0 Å². The average molecular weight is 117 g/mol. The number of carbonyl (C=O) groups is 1. The van der Waals surface area contributed by atoms with Gasteiger partial charge in [-0.25, -0.2) is 4.79 Å². The minimum Gasteiger partial charge on any atom is -0.298 e. The lowest BCUT2D eigenvalue weighted by molar-refractivity contribution is -0.225. The minimum atomic E-state index is -0.979. The molecule has 0 aromatic rings. The van der Waals surface area contributed by atoms with Crippen LogP contribution in [-0.2, 0) is 9.68 Å². The third-order valence-electron chi connectivity index (χ3n) is 0.683. The molecule has 0 aromatic carbocycles. The van der Waals surface area contributed by atoms with Crippen molar-refractivity contribution in [3.05, 3.63) is 0 Å². The van der Waals surface area contributed by atoms with Gasteiger partial charge >= 0.3 is 5.97 Å². The fourth-order valence-corrected chi connectivity index (χ4v) is 0.199. The van der Waals surface area contributed by atoms with Gasteiger partial charge in [-0.2, -0.15) is 5.26 Å². The molecule has 0 fully saturated rings. The Morgan fingerprint density at radius 2 is 2.38 bits per heavy atom. The summed E-state index contributed by atoms with van der Waals surface area (Å²) >= 11 is 0. The Bertz CT molecular complexity index is 95.9. The van der Waals surface area contributed by atoms with E-state index < -0.39 is 5.97 Å². The topological polar surface area (TPSA) is 70.4 Å². The molecular formula is C4H7NO3. The molecular weight excluding hydrogens is 110 g/mol. The maximum absolute atomic E-state index is 10.0. The summed E-state index contributed by atoms with van der Waals surface area (Å²) in [5.74, 6) is -0.979. The molecule has 0 aliphatic carbocycles. The molecule has 0 bridgehead atoms. The lowest BCUT2D eigenvalue weighted by Gasteiger charge is -1.91. The van der Waals surface area contributed by atoms with Gasteiger partial charge in [0.1, 0.15) is 5.71 Å². The lowest BCUT2D eigenvalue weighted by atomic mass is 10.3. The zero-order valence-corrected chi connectivity index (χ0v) is 4.47. The average Bonchev–Trinajstić information content (AvgIpc) is 1.84. The van der Waals surface area contributed by atoms with E-state index in [0.29, 0.717) is 0 Å². The number of hydrogen-bond acceptors (Lipinski definition) is 4. The van der Waals surface area contributed by atoms with Crippen molar-refractivity contribution in [1.29, 1.82) is 5.41 Å². The molecule has 0 spiro atoms. The molecule has 0 radical (unpaired) electrons. The van der Waals surface area contributed by atoms with Crippen molar-refractivity contribution in [3.8, 4) is 0 Å². The molecule has 2 N–H and O–H groups in total. The van der Waals surface area contributed by atoms with Crippen molar-refractivity contribution in [2.75, 3.05) is 0 Å². The third kappa shape index (κ3) is 1.70. The Labute approximate surface area is 46.5 Å². The van der Waals surface area contributed by atoms with E-state index in [1.54, 1.807) is 6.92 Å². The summed E-state index contributed by atoms with van der Waals surface area (Å²) in [6.45, 7) is 1.62. The van der Waals surface area contributed by atoms with Crippen LogP contribution in [0, 0.1) is 5.41 Å². The second-order valence-electron chi connectivity index (χ2n) is 1.21. The Morgan fingerprint density at radius 1 is 1.88 bits per heavy atom. The highest BCUT2D eigenvalue weighted by Crippen LogP contribution is 1.82. The Balaban J connectivity index is 3.64. The van der Waals surface area contributed by atoms with E-state index >= 15 is 0 Å². The van der Waals surface area contributed by atoms with Gasteiger partial charge in [0.05, 0.1) is 0 Å². The Kier molecular flexibility index (Phi) is 2.79. The van der Waals surface area contributed by atoms with Crippen LogP contribution in [0.4, 0.5) is 0 Å². The van der Waals surface area contributed by atoms with Gasteiger partial charge in [-0.15, -0.1) is 0 Å². The van der Waals surface area contributed by atoms with Crippen LogP contribution in [0.2, 0.25) is 0 Å². The monoisotopic (exact) mass is 117 g/mol. The van der Waals surface area contributed by atoms with E-state index in [1.807, 2.05) is 0 Å². The van der Waals surface area contributed by atoms with Gasteiger partial charge < -0.3 is 0 Å². The van der Waals surface area contributed by atoms with Gasteiger partial charge in [0.2, 0.25) is 0 Å². The quantitative estimate of drug-likeness (QED) is 0.313. The predicted molar refractivity (Wildman–Crippen MR) is 26.7 cm³/mol. The van der Waals surface area contributed by atoms with Crippen LogP contribution in [0.5, 0.6) is 0 Å². The predicted octanol–water partition coefficient (Wildman–Crippen LogP) is 0.432. The molecule has 0 aliphatic heterocycles. The first-order chi connectivity index (χ1) is 3.72. The number of rotatable bonds is 2. The van der Waals surface area contributed by atoms with Crippen molar-refractivity contribution < 1.29 is 14.9 Å². The first-order valence-corrected chi connectivity index (χ1v) is 2.15. The summed E-state index contributed by atoms with van der Waals surface area (Å²) < 4.78 is 0. The Hall–Kier alpha value is -0.900. The van der Waals surface area contributed by atoms with Crippen molar-refractivity contribution in [2.24, 2.45) is 0 Å². The van der Waals surface area contributed by atoms with Crippen molar-refractivity contribution >= 4 is 11.7 Å². The minimum absolute atomic E-state index is 0.229. The Morgan fingerprint density at radius 3 is 2.50 bits per heavy atom. The van der Waals surface area contributed by atoms with Crippen LogP contribution in [0.25, 0.3) is 0 Å². The second kappa shape index (κ2) is 3.15. The van der Waals surface area contributed by atoms with Gasteiger partial charge in [-0.3, -0.25) is 10.3 Å². The fourth-order valence-electron chi connectivity index (χ4n) is 0.199. The van der Waals surface area contributed by atoms with E-state index in [-0.39, 0.29) is 12.1 Å². The van der Waals surface area contributed by atoms with E-state index in [4.69, 9.17) is 10.7 Å². The van der Waals surface area contributed by atoms with Crippen molar-refractivity contribution in [3.63, 3.8) is 0 Å². The van der Waals surface area contributed by atoms with Crippen LogP contribution in [0.1, 0.15) is 13.3 Å². The maximum atomic E-state index is 10.0. The van der Waals surface area contributed by atoms with Crippen molar-refractivity contribution in [2.45, 2.75) is 13.3 Å². The number of carbonyl (C=O) groups excluding carboxylic acids is 1. The maximum Gasteiger partial charge on any atom is 0.386 e. The molecule has 4 heteroatoms. The summed E-state index contributed by atoms with van der Waals surface area (Å²) in [6.07, 6.45) is 0.277. The van der Waals surface area contributed by atoms with Crippen LogP contribution in [0.3, 0.4) is 0 Å². The van der Waals surface area contributed by atoms with E-state index in [0.717, 1.165) is 0 Å². The van der Waals surface area contributed by atoms with E-state index in [1.165, 1.54) is 0 Å². The highest BCUT2D eigenvalue weighted by molar-refractivity contribution is 6.34. The summed E-state index contributed by atoms with van der Waals surface area (Å²) in [6, 6.07) is 0. The highest BCUT2D eigenvalue weighted by Gasteiger charge is 2.05. The van der Waals surface area contributed by atoms with Gasteiger partial charge in [0, 0.05) is 0 Å². The first-order valence-electron chi connectivity index (χ1n) is 2.15. The molecule has 0 atom stereocenters. The molecule has 0 rings (SSSR count). The van der Waals surface area contributed by atoms with Gasteiger partial charge in [-0.05, 0) is 6.42 Å². The second-order valence-corrected chi connectivity index (χ2v) is 1.21. The van der Waals surface area contributed by atoms with Crippen LogP contribution in [0.15, 0.2) is 0 Å². The molecule has 4 nitrogen and oxygen atoms in total. The fraction of sp³-hybridized carbons (Fsp3) is 0.500. The molecule has 0 aromatic heterocycles. The highest BCUT2D eigenvalue weighted by atomic mass is 17.1. The molecule has 0 amide bonds. The van der Waals surface area contributed by atoms with Crippen molar-refractivity contribution in [1.82, 2.24) is 0 Å². The lowest BCUT2D eigenvalue weighted by Crippen LogP contribution is -2.12. The summed E-state index contributed by atoms with van der Waals surface area (Å²) in [7, 11) is 0. The van der Waals surface area contributed by atoms with E-state index in [2.05, 4.69) is 4.89 Å². The molecule has 0 heterocycles. The smallest absolute Gasteiger partial charge is 0.298 e. The van der Waals surface area contributed by atoms with Gasteiger partial charge in [0.25, 0.3) is 0 Å². The SMILES string of the molecule is CCC(=N)C(=O)OO. The van der Waals surface area contributed by atoms with Gasteiger partial charge in [-0.1, -0.05) is 6.92 Å². The largest absolute Gasteiger partial charge is 0.386 e. The molecule has 0 saturated heterocycles. The zero-order valence-electron chi connectivity index (χ0n) is 4.47. The zero-order chi connectivity index (χ0) is 6.57. The molecule has 46 valence electrons. The van der Waals surface area contributed by atoms with Crippen LogP contribution in [-0.4, -0.2) is 16.9 Å². The number of nitrogens with one attached hydrogen (secondary N) is 1. The number of hydrogen-bond donors (Lipinski definition) is 2. The third-order valence-corrected chi connectivity index (χ3v) is 0.683. The molecule has 0 saturated carbocycles. The summed E-state index contributed by atoms with van der Waals surface area (Å²) in [5, 5.41) is 14.4. The standard InChI is InChI=1S/C4H7NO3/c1-2-3(5)4(6)8-7/h5,7H,2H2,1H3. The normalized spacial score (nSPS) is 8.25. The van der Waals surface area contributed by atoms with Crippen LogP contribution < -0.4 is 0 Å². The molecule has 0 aliphatic rings. The first kappa shape index (κ1) is 7.10. The van der Waals surface area contributed by atoms with Gasteiger partial charge in [0.15, 0.2) is 0 Å². The van der Waals surface area contributed by atoms with E-state index in [9.17, 15) is 4.79 Å². The molecule has 8 heavy (non-hydrogen) atoms. The summed E-state index contributed by atoms with van der Waals surface area (Å²) in [5.41, 5.74) is -0.229.